The van der Waals surface area contributed by atoms with Crippen LogP contribution >= 0.6 is 0 Å². The van der Waals surface area contributed by atoms with Gasteiger partial charge in [0.2, 0.25) is 5.88 Å². The zero-order valence-corrected chi connectivity index (χ0v) is 11.6. The summed E-state index contributed by atoms with van der Waals surface area (Å²) in [6.45, 7) is 5.89. The Balaban J connectivity index is 1.90. The second-order valence-corrected chi connectivity index (χ2v) is 4.66. The summed E-state index contributed by atoms with van der Waals surface area (Å²) in [6, 6.07) is 3.65. The first-order valence-corrected chi connectivity index (χ1v) is 6.62. The van der Waals surface area contributed by atoms with E-state index in [4.69, 9.17) is 15.2 Å². The Labute approximate surface area is 113 Å². The van der Waals surface area contributed by atoms with Crippen LogP contribution in [-0.2, 0) is 4.74 Å². The van der Waals surface area contributed by atoms with E-state index in [-0.39, 0.29) is 6.10 Å². The van der Waals surface area contributed by atoms with Crippen molar-refractivity contribution in [3.8, 4) is 5.88 Å². The van der Waals surface area contributed by atoms with Crippen molar-refractivity contribution in [1.29, 1.82) is 0 Å². The molecule has 6 heteroatoms. The fourth-order valence-corrected chi connectivity index (χ4v) is 2.01. The number of aromatic nitrogens is 1. The van der Waals surface area contributed by atoms with E-state index in [1.807, 2.05) is 13.0 Å². The van der Waals surface area contributed by atoms with Crippen LogP contribution in [0.5, 0.6) is 5.88 Å². The molecule has 6 nitrogen and oxygen atoms in total. The summed E-state index contributed by atoms with van der Waals surface area (Å²) in [5.41, 5.74) is 6.34. The number of nitrogens with one attached hydrogen (secondary N) is 1. The highest BCUT2D eigenvalue weighted by Crippen LogP contribution is 2.20. The molecule has 106 valence electrons. The highest BCUT2D eigenvalue weighted by atomic mass is 16.5. The summed E-state index contributed by atoms with van der Waals surface area (Å²) in [4.78, 5) is 6.60. The Morgan fingerprint density at radius 2 is 2.42 bits per heavy atom. The molecule has 0 aromatic carbocycles. The Morgan fingerprint density at radius 1 is 1.58 bits per heavy atom. The van der Waals surface area contributed by atoms with Gasteiger partial charge in [-0.2, -0.15) is 4.98 Å². The van der Waals surface area contributed by atoms with Crippen LogP contribution in [0.1, 0.15) is 6.92 Å². The summed E-state index contributed by atoms with van der Waals surface area (Å²) in [7, 11) is 2.10. The van der Waals surface area contributed by atoms with Crippen molar-refractivity contribution in [3.63, 3.8) is 0 Å². The van der Waals surface area contributed by atoms with Gasteiger partial charge in [0.15, 0.2) is 0 Å². The van der Waals surface area contributed by atoms with Gasteiger partial charge in [-0.25, -0.2) is 0 Å². The van der Waals surface area contributed by atoms with E-state index < -0.39 is 0 Å². The largest absolute Gasteiger partial charge is 0.476 e. The van der Waals surface area contributed by atoms with Gasteiger partial charge in [0.05, 0.1) is 25.0 Å². The number of hydrogen-bond acceptors (Lipinski definition) is 6. The molecular formula is C13H22N4O2. The molecule has 1 aliphatic heterocycles. The van der Waals surface area contributed by atoms with Crippen LogP contribution < -0.4 is 15.8 Å². The van der Waals surface area contributed by atoms with E-state index in [9.17, 15) is 0 Å². The third-order valence-corrected chi connectivity index (χ3v) is 3.02. The number of rotatable bonds is 5. The number of anilines is 2. The lowest BCUT2D eigenvalue weighted by molar-refractivity contribution is -0.0117. The Morgan fingerprint density at radius 3 is 3.16 bits per heavy atom. The summed E-state index contributed by atoms with van der Waals surface area (Å²) < 4.78 is 11.1. The minimum Gasteiger partial charge on any atom is -0.476 e. The number of ether oxygens (including phenoxy) is 2. The topological polar surface area (TPSA) is 72.6 Å². The number of nitrogens with zero attached hydrogens (tertiary/aromatic N) is 2. The summed E-state index contributed by atoms with van der Waals surface area (Å²) in [5, 5.41) is 3.26. The number of morpholine rings is 1. The molecule has 0 radical (unpaired) electrons. The minimum absolute atomic E-state index is 0.189. The molecule has 2 rings (SSSR count). The molecule has 3 N–H and O–H groups in total. The fourth-order valence-electron chi connectivity index (χ4n) is 2.01. The van der Waals surface area contributed by atoms with Crippen molar-refractivity contribution in [2.24, 2.45) is 0 Å². The van der Waals surface area contributed by atoms with Crippen LogP contribution in [-0.4, -0.2) is 55.9 Å². The van der Waals surface area contributed by atoms with Crippen molar-refractivity contribution in [2.45, 2.75) is 13.0 Å². The Kier molecular flexibility index (Phi) is 4.81. The van der Waals surface area contributed by atoms with Crippen LogP contribution in [0.4, 0.5) is 11.5 Å². The normalized spacial score (nSPS) is 20.2. The smallest absolute Gasteiger partial charge is 0.239 e. The highest BCUT2D eigenvalue weighted by Gasteiger charge is 2.17. The summed E-state index contributed by atoms with van der Waals surface area (Å²) in [5.74, 6) is 1.24. The van der Waals surface area contributed by atoms with Crippen molar-refractivity contribution in [1.82, 2.24) is 9.88 Å². The molecule has 1 aromatic rings. The van der Waals surface area contributed by atoms with Crippen LogP contribution in [0.3, 0.4) is 0 Å². The van der Waals surface area contributed by atoms with Crippen molar-refractivity contribution in [3.05, 3.63) is 12.1 Å². The minimum atomic E-state index is 0.189. The molecule has 2 heterocycles. The molecule has 0 spiro atoms. The monoisotopic (exact) mass is 266 g/mol. The number of nitrogen functional groups attached to an aromatic ring is 1. The second kappa shape index (κ2) is 6.58. The van der Waals surface area contributed by atoms with Gasteiger partial charge in [0.1, 0.15) is 5.82 Å². The molecule has 19 heavy (non-hydrogen) atoms. The predicted molar refractivity (Wildman–Crippen MR) is 75.5 cm³/mol. The number of pyridine rings is 1. The maximum atomic E-state index is 5.79. The van der Waals surface area contributed by atoms with E-state index in [1.165, 1.54) is 0 Å². The van der Waals surface area contributed by atoms with Crippen LogP contribution in [0.25, 0.3) is 0 Å². The summed E-state index contributed by atoms with van der Waals surface area (Å²) in [6.07, 6.45) is 0.189. The zero-order valence-electron chi connectivity index (χ0n) is 11.6. The van der Waals surface area contributed by atoms with Crippen LogP contribution in [0.2, 0.25) is 0 Å². The van der Waals surface area contributed by atoms with Gasteiger partial charge in [-0.15, -0.1) is 0 Å². The van der Waals surface area contributed by atoms with Gasteiger partial charge >= 0.3 is 0 Å². The Bertz CT molecular complexity index is 414. The number of nitrogens with two attached hydrogens (primary N) is 1. The standard InChI is InChI=1S/C13H22N4O2/c1-3-18-13-11(14)4-5-12(16-13)15-8-10-9-17(2)6-7-19-10/h4-5,10H,3,6-9,14H2,1-2H3,(H,15,16). The SMILES string of the molecule is CCOc1nc(NCC2CN(C)CCO2)ccc1N. The first-order chi connectivity index (χ1) is 9.19. The fraction of sp³-hybridized carbons (Fsp3) is 0.615. The van der Waals surface area contributed by atoms with Crippen molar-refractivity contribution in [2.75, 3.05) is 50.9 Å². The molecule has 1 fully saturated rings. The number of hydrogen-bond donors (Lipinski definition) is 2. The van der Waals surface area contributed by atoms with E-state index in [2.05, 4.69) is 22.2 Å². The lowest BCUT2D eigenvalue weighted by atomic mass is 10.3. The average Bonchev–Trinajstić information content (AvgIpc) is 2.40. The third kappa shape index (κ3) is 3.97. The van der Waals surface area contributed by atoms with Crippen molar-refractivity contribution >= 4 is 11.5 Å². The lowest BCUT2D eigenvalue weighted by Crippen LogP contribution is -2.43. The van der Waals surface area contributed by atoms with Crippen LogP contribution in [0.15, 0.2) is 12.1 Å². The lowest BCUT2D eigenvalue weighted by Gasteiger charge is -2.30. The third-order valence-electron chi connectivity index (χ3n) is 3.02. The molecule has 1 unspecified atom stereocenters. The quantitative estimate of drug-likeness (QED) is 0.821. The van der Waals surface area contributed by atoms with Crippen LogP contribution in [0, 0.1) is 0 Å². The molecule has 0 saturated carbocycles. The van der Waals surface area contributed by atoms with E-state index in [0.29, 0.717) is 18.2 Å². The van der Waals surface area contributed by atoms with Crippen molar-refractivity contribution < 1.29 is 9.47 Å². The van der Waals surface area contributed by atoms with Gasteiger partial charge in [0.25, 0.3) is 0 Å². The first kappa shape index (κ1) is 13.9. The predicted octanol–water partition coefficient (Wildman–Crippen LogP) is 0.805. The molecule has 1 aliphatic rings. The molecule has 0 bridgehead atoms. The van der Waals surface area contributed by atoms with Gasteiger partial charge in [0, 0.05) is 19.6 Å². The number of likely N-dealkylation sites (N-methyl/N-ethyl adjacent to an activating group) is 1. The second-order valence-electron chi connectivity index (χ2n) is 4.66. The first-order valence-electron chi connectivity index (χ1n) is 6.62. The van der Waals surface area contributed by atoms with Gasteiger partial charge < -0.3 is 25.4 Å². The maximum Gasteiger partial charge on any atom is 0.239 e. The van der Waals surface area contributed by atoms with E-state index >= 15 is 0 Å². The zero-order chi connectivity index (χ0) is 13.7. The Hall–Kier alpha value is -1.53. The van der Waals surface area contributed by atoms with Gasteiger partial charge in [-0.1, -0.05) is 0 Å². The molecule has 1 atom stereocenters. The molecule has 0 amide bonds. The van der Waals surface area contributed by atoms with Gasteiger partial charge in [-0.3, -0.25) is 0 Å². The highest BCUT2D eigenvalue weighted by molar-refractivity contribution is 5.53. The molecule has 1 saturated heterocycles. The molecule has 0 aliphatic carbocycles. The van der Waals surface area contributed by atoms with E-state index in [0.717, 1.165) is 32.1 Å². The average molecular weight is 266 g/mol. The molecule has 1 aromatic heterocycles. The summed E-state index contributed by atoms with van der Waals surface area (Å²) >= 11 is 0. The van der Waals surface area contributed by atoms with Gasteiger partial charge in [-0.05, 0) is 26.1 Å². The molecular weight excluding hydrogens is 244 g/mol. The van der Waals surface area contributed by atoms with E-state index in [1.54, 1.807) is 6.07 Å². The maximum absolute atomic E-state index is 5.79.